The number of thioether (sulfide) groups is 1. The highest BCUT2D eigenvalue weighted by atomic mass is 32.2. The highest BCUT2D eigenvalue weighted by molar-refractivity contribution is 8.01. The van der Waals surface area contributed by atoms with E-state index in [4.69, 9.17) is 5.11 Å². The summed E-state index contributed by atoms with van der Waals surface area (Å²) in [7, 11) is 0. The van der Waals surface area contributed by atoms with Crippen molar-refractivity contribution in [2.75, 3.05) is 6.54 Å². The van der Waals surface area contributed by atoms with Crippen molar-refractivity contribution in [1.29, 1.82) is 0 Å². The fourth-order valence-corrected chi connectivity index (χ4v) is 4.78. The average molecular weight is 502 g/mol. The van der Waals surface area contributed by atoms with Crippen LogP contribution in [0.25, 0.3) is 0 Å². The molecule has 0 aromatic carbocycles. The summed E-state index contributed by atoms with van der Waals surface area (Å²) in [6, 6.07) is -1.48. The van der Waals surface area contributed by atoms with Crippen molar-refractivity contribution in [3.05, 3.63) is 0 Å². The van der Waals surface area contributed by atoms with Crippen LogP contribution in [-0.2, 0) is 24.0 Å². The topological polar surface area (TPSA) is 142 Å². The van der Waals surface area contributed by atoms with Gasteiger partial charge in [0.1, 0.15) is 6.04 Å². The molecule has 0 aliphatic carbocycles. The minimum Gasteiger partial charge on any atom is -0.481 e. The van der Waals surface area contributed by atoms with E-state index in [0.29, 0.717) is 0 Å². The molecular formula is C24H43N3O6S. The van der Waals surface area contributed by atoms with E-state index < -0.39 is 41.0 Å². The average Bonchev–Trinajstić information content (AvgIpc) is 2.75. The Hall–Kier alpha value is -2.10. The van der Waals surface area contributed by atoms with Gasteiger partial charge in [0.25, 0.3) is 0 Å². The normalized spacial score (nSPS) is 15.4. The fourth-order valence-electron chi connectivity index (χ4n) is 3.40. The largest absolute Gasteiger partial charge is 0.481 e. The second-order valence-corrected chi connectivity index (χ2v) is 10.5. The number of nitrogens with one attached hydrogen (secondary N) is 3. The van der Waals surface area contributed by atoms with Crippen molar-refractivity contribution < 1.29 is 29.1 Å². The predicted octanol–water partition coefficient (Wildman–Crippen LogP) is 2.66. The number of carboxylic acid groups (broad SMARTS) is 1. The van der Waals surface area contributed by atoms with Crippen molar-refractivity contribution in [2.24, 2.45) is 5.92 Å². The third kappa shape index (κ3) is 13.6. The van der Waals surface area contributed by atoms with Gasteiger partial charge in [0.2, 0.25) is 17.7 Å². The maximum atomic E-state index is 12.4. The quantitative estimate of drug-likeness (QED) is 0.226. The summed E-state index contributed by atoms with van der Waals surface area (Å²) in [4.78, 5) is 60.4. The first-order valence-corrected chi connectivity index (χ1v) is 13.1. The number of aliphatic carboxylic acids is 1. The van der Waals surface area contributed by atoms with Gasteiger partial charge in [0.15, 0.2) is 5.78 Å². The molecule has 0 aliphatic heterocycles. The van der Waals surface area contributed by atoms with Gasteiger partial charge in [0.05, 0.1) is 17.7 Å². The van der Waals surface area contributed by atoms with Crippen LogP contribution in [0, 0.1) is 5.92 Å². The molecule has 10 heteroatoms. The van der Waals surface area contributed by atoms with Crippen LogP contribution in [0.4, 0.5) is 0 Å². The van der Waals surface area contributed by atoms with Gasteiger partial charge in [-0.15, -0.1) is 11.8 Å². The van der Waals surface area contributed by atoms with Crippen LogP contribution in [0.1, 0.15) is 86.5 Å². The van der Waals surface area contributed by atoms with Crippen LogP contribution >= 0.6 is 11.8 Å². The molecule has 0 fully saturated rings. The van der Waals surface area contributed by atoms with E-state index >= 15 is 0 Å². The van der Waals surface area contributed by atoms with E-state index in [1.165, 1.54) is 18.7 Å². The lowest BCUT2D eigenvalue weighted by Crippen LogP contribution is -2.50. The summed E-state index contributed by atoms with van der Waals surface area (Å²) < 4.78 is 0. The number of ketones is 1. The van der Waals surface area contributed by atoms with Crippen LogP contribution in [0.2, 0.25) is 0 Å². The van der Waals surface area contributed by atoms with E-state index in [1.807, 2.05) is 20.8 Å². The molecule has 9 nitrogen and oxygen atoms in total. The molecule has 0 radical (unpaired) electrons. The fraction of sp³-hybridized carbons (Fsp3) is 0.792. The molecule has 0 aromatic rings. The molecular weight excluding hydrogens is 458 g/mol. The number of carbonyl (C=O) groups is 5. The van der Waals surface area contributed by atoms with Gasteiger partial charge in [-0.05, 0) is 26.7 Å². The van der Waals surface area contributed by atoms with E-state index in [0.717, 1.165) is 32.1 Å². The van der Waals surface area contributed by atoms with Crippen molar-refractivity contribution in [2.45, 2.75) is 109 Å². The maximum absolute atomic E-state index is 12.4. The number of rotatable bonds is 18. The molecule has 5 atom stereocenters. The number of carbonyl (C=O) groups excluding carboxylic acids is 4. The Kier molecular flexibility index (Phi) is 16.3. The molecule has 0 aromatic heterocycles. The number of unbranched alkanes of at least 4 members (excludes halogenated alkanes) is 1. The van der Waals surface area contributed by atoms with E-state index in [-0.39, 0.29) is 36.3 Å². The molecule has 0 aliphatic rings. The number of hydrogen-bond acceptors (Lipinski definition) is 6. The third-order valence-electron chi connectivity index (χ3n) is 5.43. The lowest BCUT2D eigenvalue weighted by atomic mass is 9.95. The highest BCUT2D eigenvalue weighted by Gasteiger charge is 2.26. The van der Waals surface area contributed by atoms with E-state index in [1.54, 1.807) is 6.92 Å². The molecule has 0 rings (SSSR count). The lowest BCUT2D eigenvalue weighted by molar-refractivity contribution is -0.138. The number of hydrogen-bond donors (Lipinski definition) is 4. The van der Waals surface area contributed by atoms with Crippen LogP contribution in [0.5, 0.6) is 0 Å². The van der Waals surface area contributed by atoms with Crippen molar-refractivity contribution in [3.63, 3.8) is 0 Å². The summed E-state index contributed by atoms with van der Waals surface area (Å²) in [6.07, 6.45) is 4.19. The summed E-state index contributed by atoms with van der Waals surface area (Å²) in [5.41, 5.74) is 0. The second kappa shape index (κ2) is 17.4. The Morgan fingerprint density at radius 2 is 1.50 bits per heavy atom. The molecule has 4 N–H and O–H groups in total. The first-order chi connectivity index (χ1) is 15.9. The summed E-state index contributed by atoms with van der Waals surface area (Å²) in [5.74, 6) is -2.54. The molecule has 0 saturated carbocycles. The number of carboxylic acids is 1. The van der Waals surface area contributed by atoms with Crippen molar-refractivity contribution >= 4 is 41.2 Å². The monoisotopic (exact) mass is 501 g/mol. The first-order valence-electron chi connectivity index (χ1n) is 12.2. The summed E-state index contributed by atoms with van der Waals surface area (Å²) in [5, 5.41) is 16.3. The van der Waals surface area contributed by atoms with Crippen LogP contribution in [-0.4, -0.2) is 63.7 Å². The Balaban J connectivity index is 4.53. The highest BCUT2D eigenvalue weighted by Crippen LogP contribution is 2.24. The van der Waals surface area contributed by atoms with Gasteiger partial charge in [-0.1, -0.05) is 47.0 Å². The number of Topliss-reactive ketones (excluding diaryl/α,β-unsaturated/α-hetero) is 1. The van der Waals surface area contributed by atoms with Gasteiger partial charge >= 0.3 is 5.97 Å². The summed E-state index contributed by atoms with van der Waals surface area (Å²) >= 11 is 1.32. The molecule has 0 saturated heterocycles. The van der Waals surface area contributed by atoms with Gasteiger partial charge < -0.3 is 21.1 Å². The summed E-state index contributed by atoms with van der Waals surface area (Å²) in [6.45, 7) is 11.1. The lowest BCUT2D eigenvalue weighted by Gasteiger charge is -2.21. The molecule has 0 heterocycles. The van der Waals surface area contributed by atoms with Crippen LogP contribution < -0.4 is 16.0 Å². The standard InChI is InChI=1S/C24H43N3O6S/c1-7-9-11-15(3)22(31)17(5)27-23(32)18(6)26-20(28)12-13-25-24(33)19(14-21(29)30)34-16(4)10-8-2/h15-19H,7-14H2,1-6H3,(H,25,33)(H,26,28)(H,27,32)(H,29,30)/t15?,16?,17-,18-,19?/m0/s1. The zero-order valence-corrected chi connectivity index (χ0v) is 22.3. The van der Waals surface area contributed by atoms with Gasteiger partial charge in [-0.2, -0.15) is 0 Å². The molecule has 0 spiro atoms. The second-order valence-electron chi connectivity index (χ2n) is 8.83. The van der Waals surface area contributed by atoms with Gasteiger partial charge in [-0.25, -0.2) is 0 Å². The van der Waals surface area contributed by atoms with Gasteiger partial charge in [-0.3, -0.25) is 24.0 Å². The molecule has 196 valence electrons. The molecule has 3 unspecified atom stereocenters. The minimum atomic E-state index is -1.05. The van der Waals surface area contributed by atoms with Crippen molar-refractivity contribution in [3.8, 4) is 0 Å². The zero-order valence-electron chi connectivity index (χ0n) is 21.4. The Bertz CT molecular complexity index is 688. The first kappa shape index (κ1) is 31.9. The maximum Gasteiger partial charge on any atom is 0.305 e. The van der Waals surface area contributed by atoms with Crippen molar-refractivity contribution in [1.82, 2.24) is 16.0 Å². The van der Waals surface area contributed by atoms with Crippen LogP contribution in [0.3, 0.4) is 0 Å². The minimum absolute atomic E-state index is 0.0294. The Morgan fingerprint density at radius 3 is 2.06 bits per heavy atom. The SMILES string of the molecule is CCCCC(C)C(=O)[C@H](C)NC(=O)[C@H](C)NC(=O)CCNC(=O)C(CC(=O)O)SC(C)CCC. The number of amides is 3. The predicted molar refractivity (Wildman–Crippen MR) is 135 cm³/mol. The molecule has 3 amide bonds. The Morgan fingerprint density at radius 1 is 0.853 bits per heavy atom. The van der Waals surface area contributed by atoms with E-state index in [2.05, 4.69) is 22.9 Å². The molecule has 0 bridgehead atoms. The van der Waals surface area contributed by atoms with Crippen LogP contribution in [0.15, 0.2) is 0 Å². The smallest absolute Gasteiger partial charge is 0.305 e. The van der Waals surface area contributed by atoms with Gasteiger partial charge in [0, 0.05) is 24.1 Å². The third-order valence-corrected chi connectivity index (χ3v) is 6.84. The Labute approximate surface area is 208 Å². The molecule has 34 heavy (non-hydrogen) atoms. The zero-order chi connectivity index (χ0) is 26.3. The van der Waals surface area contributed by atoms with E-state index in [9.17, 15) is 24.0 Å².